The van der Waals surface area contributed by atoms with Crippen LogP contribution in [0.15, 0.2) is 24.5 Å². The summed E-state index contributed by atoms with van der Waals surface area (Å²) in [6, 6.07) is 0.488. The Hall–Kier alpha value is -3.17. The highest BCUT2D eigenvalue weighted by molar-refractivity contribution is 5.93. The second kappa shape index (κ2) is 6.98. The average molecular weight is 365 g/mol. The number of fused-ring (bicyclic) bond motifs is 1. The normalized spacial score (nSPS) is 14.5. The molecule has 2 aromatic heterocycles. The molecule has 0 radical (unpaired) electrons. The van der Waals surface area contributed by atoms with Crippen molar-refractivity contribution in [3.63, 3.8) is 0 Å². The fourth-order valence-corrected chi connectivity index (χ4v) is 2.57. The molecular weight excluding hydrogens is 351 g/mol. The Balaban J connectivity index is 1.65. The summed E-state index contributed by atoms with van der Waals surface area (Å²) >= 11 is 0. The van der Waals surface area contributed by atoms with Gasteiger partial charge in [0.25, 0.3) is 0 Å². The lowest BCUT2D eigenvalue weighted by Crippen LogP contribution is -2.45. The monoisotopic (exact) mass is 365 g/mol. The maximum Gasteiger partial charge on any atom is 0.323 e. The van der Waals surface area contributed by atoms with E-state index in [-0.39, 0.29) is 24.6 Å². The largest absolute Gasteiger partial charge is 0.346 e. The third-order valence-electron chi connectivity index (χ3n) is 3.77. The van der Waals surface area contributed by atoms with Gasteiger partial charge in [0.2, 0.25) is 5.91 Å². The summed E-state index contributed by atoms with van der Waals surface area (Å²) in [6.45, 7) is 1.14. The molecule has 1 atom stereocenters. The number of hydrogen-bond donors (Lipinski definition) is 2. The van der Waals surface area contributed by atoms with Crippen LogP contribution in [0.25, 0.3) is 0 Å². The number of anilines is 1. The zero-order chi connectivity index (χ0) is 18.8. The van der Waals surface area contributed by atoms with Gasteiger partial charge in [-0.25, -0.2) is 22.9 Å². The first-order chi connectivity index (χ1) is 12.3. The zero-order valence-corrected chi connectivity index (χ0v) is 13.6. The predicted octanol–water partition coefficient (Wildman–Crippen LogP) is 2.12. The summed E-state index contributed by atoms with van der Waals surface area (Å²) in [6.07, 6.45) is 1.82. The van der Waals surface area contributed by atoms with Crippen molar-refractivity contribution >= 4 is 17.8 Å². The first-order valence-corrected chi connectivity index (χ1v) is 7.64. The first-order valence-electron chi connectivity index (χ1n) is 7.64. The average Bonchev–Trinajstić information content (AvgIpc) is 2.55. The molecule has 0 saturated heterocycles. The molecule has 136 valence electrons. The van der Waals surface area contributed by atoms with Gasteiger partial charge >= 0.3 is 6.03 Å². The molecule has 2 aromatic rings. The van der Waals surface area contributed by atoms with Gasteiger partial charge in [-0.2, -0.15) is 0 Å². The van der Waals surface area contributed by atoms with Gasteiger partial charge in [0.05, 0.1) is 30.7 Å². The van der Waals surface area contributed by atoms with Crippen molar-refractivity contribution in [2.24, 2.45) is 0 Å². The Kier molecular flexibility index (Phi) is 4.74. The van der Waals surface area contributed by atoms with E-state index in [4.69, 9.17) is 0 Å². The summed E-state index contributed by atoms with van der Waals surface area (Å²) in [7, 11) is 0. The summed E-state index contributed by atoms with van der Waals surface area (Å²) in [4.78, 5) is 32.7. The molecule has 0 aromatic carbocycles. The second-order valence-electron chi connectivity index (χ2n) is 5.76. The van der Waals surface area contributed by atoms with Gasteiger partial charge < -0.3 is 10.2 Å². The minimum absolute atomic E-state index is 0.00309. The molecule has 0 saturated carbocycles. The van der Waals surface area contributed by atoms with Gasteiger partial charge in [0.1, 0.15) is 29.8 Å². The lowest BCUT2D eigenvalue weighted by atomic mass is 10.2. The smallest absolute Gasteiger partial charge is 0.323 e. The first kappa shape index (κ1) is 17.6. The van der Waals surface area contributed by atoms with Crippen LogP contribution >= 0.6 is 0 Å². The van der Waals surface area contributed by atoms with Gasteiger partial charge in [-0.05, 0) is 13.0 Å². The summed E-state index contributed by atoms with van der Waals surface area (Å²) < 4.78 is 39.9. The molecule has 0 unspecified atom stereocenters. The second-order valence-corrected chi connectivity index (χ2v) is 5.76. The highest BCUT2D eigenvalue weighted by Crippen LogP contribution is 2.21. The molecule has 3 rings (SSSR count). The zero-order valence-electron chi connectivity index (χ0n) is 13.6. The number of halogens is 3. The fourth-order valence-electron chi connectivity index (χ4n) is 2.57. The Morgan fingerprint density at radius 3 is 2.69 bits per heavy atom. The SMILES string of the molecule is C[C@@H](NC(=O)CN1Cc2cc(F)cnc2NC1=O)c1ncc(F)cc1F. The highest BCUT2D eigenvalue weighted by atomic mass is 19.1. The summed E-state index contributed by atoms with van der Waals surface area (Å²) in [5.41, 5.74) is 0.302. The van der Waals surface area contributed by atoms with E-state index in [1.54, 1.807) is 0 Å². The molecule has 0 bridgehead atoms. The van der Waals surface area contributed by atoms with Crippen LogP contribution in [0.4, 0.5) is 23.8 Å². The van der Waals surface area contributed by atoms with E-state index in [0.717, 1.165) is 17.3 Å². The topological polar surface area (TPSA) is 87.2 Å². The van der Waals surface area contributed by atoms with Crippen LogP contribution in [0.3, 0.4) is 0 Å². The highest BCUT2D eigenvalue weighted by Gasteiger charge is 2.26. The molecule has 10 heteroatoms. The van der Waals surface area contributed by atoms with Crippen molar-refractivity contribution in [3.8, 4) is 0 Å². The Bertz CT molecular complexity index is 877. The molecule has 3 heterocycles. The van der Waals surface area contributed by atoms with Gasteiger partial charge in [-0.1, -0.05) is 0 Å². The third kappa shape index (κ3) is 3.73. The number of hydrogen-bond acceptors (Lipinski definition) is 4. The lowest BCUT2D eigenvalue weighted by molar-refractivity contribution is -0.122. The Morgan fingerprint density at radius 2 is 1.96 bits per heavy atom. The minimum Gasteiger partial charge on any atom is -0.346 e. The van der Waals surface area contributed by atoms with Gasteiger partial charge in [0.15, 0.2) is 0 Å². The Labute approximate surface area is 146 Å². The number of urea groups is 1. The summed E-state index contributed by atoms with van der Waals surface area (Å²) in [5, 5.41) is 4.94. The van der Waals surface area contributed by atoms with E-state index >= 15 is 0 Å². The number of amides is 3. The van der Waals surface area contributed by atoms with Crippen LogP contribution in [0.5, 0.6) is 0 Å². The Morgan fingerprint density at radius 1 is 1.27 bits per heavy atom. The van der Waals surface area contributed by atoms with Crippen LogP contribution in [0, 0.1) is 17.5 Å². The van der Waals surface area contributed by atoms with Gasteiger partial charge in [-0.3, -0.25) is 15.1 Å². The van der Waals surface area contributed by atoms with Crippen molar-refractivity contribution in [2.45, 2.75) is 19.5 Å². The van der Waals surface area contributed by atoms with E-state index in [9.17, 15) is 22.8 Å². The van der Waals surface area contributed by atoms with Crippen LogP contribution in [0.1, 0.15) is 24.2 Å². The van der Waals surface area contributed by atoms with Crippen LogP contribution in [-0.2, 0) is 11.3 Å². The van der Waals surface area contributed by atoms with E-state index in [1.165, 1.54) is 13.0 Å². The van der Waals surface area contributed by atoms with Gasteiger partial charge in [0, 0.05) is 11.6 Å². The number of rotatable bonds is 4. The van der Waals surface area contributed by atoms with Crippen LogP contribution in [0.2, 0.25) is 0 Å². The molecule has 3 amide bonds. The molecular formula is C16H14F3N5O2. The number of nitrogens with zero attached hydrogens (tertiary/aromatic N) is 3. The molecule has 0 fully saturated rings. The molecule has 2 N–H and O–H groups in total. The standard InChI is InChI=1S/C16H14F3N5O2/c1-8(14-12(19)3-11(18)4-20-14)22-13(25)7-24-6-9-2-10(17)5-21-15(9)23-16(24)26/h2-5,8H,6-7H2,1H3,(H,22,25)(H,21,23,26)/t8-/m1/s1. The van der Waals surface area contributed by atoms with Crippen molar-refractivity contribution in [2.75, 3.05) is 11.9 Å². The van der Waals surface area contributed by atoms with Crippen molar-refractivity contribution in [1.29, 1.82) is 0 Å². The molecule has 1 aliphatic heterocycles. The molecule has 0 aliphatic carbocycles. The minimum atomic E-state index is -0.885. The molecule has 26 heavy (non-hydrogen) atoms. The molecule has 1 aliphatic rings. The van der Waals surface area contributed by atoms with Crippen LogP contribution in [-0.4, -0.2) is 33.4 Å². The van der Waals surface area contributed by atoms with E-state index in [2.05, 4.69) is 20.6 Å². The van der Waals surface area contributed by atoms with Crippen molar-refractivity contribution in [3.05, 3.63) is 53.2 Å². The summed E-state index contributed by atoms with van der Waals surface area (Å²) in [5.74, 6) is -2.61. The van der Waals surface area contributed by atoms with E-state index < -0.39 is 35.4 Å². The number of carbonyl (C=O) groups excluding carboxylic acids is 2. The number of carbonyl (C=O) groups is 2. The van der Waals surface area contributed by atoms with E-state index in [0.29, 0.717) is 11.6 Å². The van der Waals surface area contributed by atoms with Crippen LogP contribution < -0.4 is 10.6 Å². The number of nitrogens with one attached hydrogen (secondary N) is 2. The number of pyridine rings is 2. The van der Waals surface area contributed by atoms with Crippen molar-refractivity contribution in [1.82, 2.24) is 20.2 Å². The lowest BCUT2D eigenvalue weighted by Gasteiger charge is -2.28. The third-order valence-corrected chi connectivity index (χ3v) is 3.77. The maximum atomic E-state index is 13.7. The van der Waals surface area contributed by atoms with Gasteiger partial charge in [-0.15, -0.1) is 0 Å². The maximum absolute atomic E-state index is 13.7. The quantitative estimate of drug-likeness (QED) is 0.869. The van der Waals surface area contributed by atoms with E-state index in [1.807, 2.05) is 0 Å². The van der Waals surface area contributed by atoms with Crippen molar-refractivity contribution < 1.29 is 22.8 Å². The molecule has 0 spiro atoms. The fraction of sp³-hybridized carbons (Fsp3) is 0.250. The molecule has 7 nitrogen and oxygen atoms in total. The predicted molar refractivity (Wildman–Crippen MR) is 84.3 cm³/mol. The number of aromatic nitrogens is 2.